The normalized spacial score (nSPS) is 11.2. The number of pyridine rings is 1. The lowest BCUT2D eigenvalue weighted by Crippen LogP contribution is -2.12. The molecule has 35 heavy (non-hydrogen) atoms. The number of hydrogen-bond donors (Lipinski definition) is 1. The van der Waals surface area contributed by atoms with E-state index in [0.717, 1.165) is 21.6 Å². The zero-order valence-corrected chi connectivity index (χ0v) is 21.2. The summed E-state index contributed by atoms with van der Waals surface area (Å²) in [6.07, 6.45) is 1.62. The molecule has 0 radical (unpaired) electrons. The summed E-state index contributed by atoms with van der Waals surface area (Å²) in [7, 11) is 2.93. The first-order valence-corrected chi connectivity index (χ1v) is 12.1. The minimum Gasteiger partial charge on any atom is -0.496 e. The summed E-state index contributed by atoms with van der Waals surface area (Å²) >= 11 is 1.28. The van der Waals surface area contributed by atoms with Gasteiger partial charge in [0.15, 0.2) is 4.88 Å². The SMILES string of the molecule is COC(=O)c1sc(-c2cc(NCCn3c(C)cc4c(OC)ccc(F)c43)ccn2)cc1OC(C)C. The van der Waals surface area contributed by atoms with E-state index in [1.165, 1.54) is 24.5 Å². The Bertz CT molecular complexity index is 1360. The molecule has 0 spiro atoms. The third-order valence-corrected chi connectivity index (χ3v) is 6.62. The second-order valence-electron chi connectivity index (χ2n) is 8.27. The van der Waals surface area contributed by atoms with Gasteiger partial charge in [0.2, 0.25) is 0 Å². The first-order valence-electron chi connectivity index (χ1n) is 11.2. The van der Waals surface area contributed by atoms with Crippen LogP contribution in [-0.2, 0) is 11.3 Å². The van der Waals surface area contributed by atoms with Gasteiger partial charge in [-0.05, 0) is 51.1 Å². The summed E-state index contributed by atoms with van der Waals surface area (Å²) in [5, 5.41) is 4.15. The van der Waals surface area contributed by atoms with Crippen LogP contribution in [0, 0.1) is 12.7 Å². The number of benzene rings is 1. The third-order valence-electron chi connectivity index (χ3n) is 5.51. The highest BCUT2D eigenvalue weighted by Gasteiger charge is 2.21. The highest BCUT2D eigenvalue weighted by molar-refractivity contribution is 7.17. The fraction of sp³-hybridized carbons (Fsp3) is 0.308. The fourth-order valence-corrected chi connectivity index (χ4v) is 4.95. The maximum absolute atomic E-state index is 14.6. The molecule has 0 aliphatic heterocycles. The fourth-order valence-electron chi connectivity index (χ4n) is 3.97. The van der Waals surface area contributed by atoms with Crippen molar-refractivity contribution in [3.63, 3.8) is 0 Å². The van der Waals surface area contributed by atoms with Crippen LogP contribution in [0.2, 0.25) is 0 Å². The van der Waals surface area contributed by atoms with Gasteiger partial charge in [0.1, 0.15) is 17.3 Å². The Labute approximate surface area is 207 Å². The van der Waals surface area contributed by atoms with Crippen molar-refractivity contribution in [2.24, 2.45) is 0 Å². The number of aromatic nitrogens is 2. The van der Waals surface area contributed by atoms with Crippen molar-refractivity contribution in [1.29, 1.82) is 0 Å². The van der Waals surface area contributed by atoms with Crippen LogP contribution in [0.1, 0.15) is 29.2 Å². The molecule has 184 valence electrons. The Hall–Kier alpha value is -3.59. The van der Waals surface area contributed by atoms with Crippen LogP contribution in [0.25, 0.3) is 21.5 Å². The zero-order valence-electron chi connectivity index (χ0n) is 20.3. The van der Waals surface area contributed by atoms with Crippen molar-refractivity contribution >= 4 is 33.9 Å². The molecule has 0 aliphatic rings. The number of hydrogen-bond acceptors (Lipinski definition) is 7. The first kappa shape index (κ1) is 24.5. The Balaban J connectivity index is 1.53. The van der Waals surface area contributed by atoms with Crippen molar-refractivity contribution in [2.45, 2.75) is 33.4 Å². The molecule has 0 saturated carbocycles. The van der Waals surface area contributed by atoms with E-state index in [9.17, 15) is 9.18 Å². The van der Waals surface area contributed by atoms with Gasteiger partial charge in [0.05, 0.1) is 36.4 Å². The molecule has 0 saturated heterocycles. The molecular formula is C26H28FN3O4S. The summed E-state index contributed by atoms with van der Waals surface area (Å²) in [6.45, 7) is 6.90. The Morgan fingerprint density at radius 3 is 2.69 bits per heavy atom. The molecule has 0 unspecified atom stereocenters. The molecule has 0 fully saturated rings. The molecule has 3 aromatic heterocycles. The van der Waals surface area contributed by atoms with Crippen molar-refractivity contribution in [3.05, 3.63) is 59.0 Å². The molecule has 9 heteroatoms. The standard InChI is InChI=1S/C26H28FN3O4S/c1-15(2)34-22-14-23(35-25(22)26(31)33-5)20-13-17(8-9-29-20)28-10-11-30-16(3)12-18-21(32-4)7-6-19(27)24(18)30/h6-9,12-15H,10-11H2,1-5H3,(H,28,29). The largest absolute Gasteiger partial charge is 0.496 e. The van der Waals surface area contributed by atoms with Gasteiger partial charge >= 0.3 is 5.97 Å². The lowest BCUT2D eigenvalue weighted by molar-refractivity contribution is 0.0600. The predicted molar refractivity (Wildman–Crippen MR) is 136 cm³/mol. The third kappa shape index (κ3) is 5.09. The monoisotopic (exact) mass is 497 g/mol. The number of esters is 1. The number of rotatable bonds is 9. The van der Waals surface area contributed by atoms with Gasteiger partial charge in [-0.15, -0.1) is 11.3 Å². The molecule has 0 bridgehead atoms. The number of methoxy groups -OCH3 is 2. The van der Waals surface area contributed by atoms with Gasteiger partial charge < -0.3 is 24.1 Å². The summed E-state index contributed by atoms with van der Waals surface area (Å²) in [4.78, 5) is 17.9. The minimum absolute atomic E-state index is 0.0835. The quantitative estimate of drug-likeness (QED) is 0.290. The van der Waals surface area contributed by atoms with Crippen LogP contribution in [0.15, 0.2) is 42.6 Å². The molecule has 4 aromatic rings. The van der Waals surface area contributed by atoms with E-state index in [1.54, 1.807) is 19.4 Å². The number of halogens is 1. The van der Waals surface area contributed by atoms with Crippen molar-refractivity contribution < 1.29 is 23.4 Å². The zero-order chi connectivity index (χ0) is 25.1. The molecule has 1 aromatic carbocycles. The number of anilines is 1. The molecule has 3 heterocycles. The van der Waals surface area contributed by atoms with Gasteiger partial charge in [-0.2, -0.15) is 0 Å². The van der Waals surface area contributed by atoms with Crippen LogP contribution in [0.4, 0.5) is 10.1 Å². The number of nitrogens with one attached hydrogen (secondary N) is 1. The lowest BCUT2D eigenvalue weighted by Gasteiger charge is -2.12. The Morgan fingerprint density at radius 2 is 1.97 bits per heavy atom. The van der Waals surface area contributed by atoms with E-state index in [0.29, 0.717) is 40.7 Å². The number of ether oxygens (including phenoxy) is 3. The van der Waals surface area contributed by atoms with Crippen LogP contribution in [0.5, 0.6) is 11.5 Å². The molecule has 0 aliphatic carbocycles. The van der Waals surface area contributed by atoms with Crippen LogP contribution in [0.3, 0.4) is 0 Å². The number of aryl methyl sites for hydroxylation is 1. The Morgan fingerprint density at radius 1 is 1.17 bits per heavy atom. The lowest BCUT2D eigenvalue weighted by atomic mass is 10.2. The predicted octanol–water partition coefficient (Wildman–Crippen LogP) is 5.91. The van der Waals surface area contributed by atoms with E-state index in [2.05, 4.69) is 10.3 Å². The smallest absolute Gasteiger partial charge is 0.351 e. The molecular weight excluding hydrogens is 469 g/mol. The first-order chi connectivity index (χ1) is 16.8. The van der Waals surface area contributed by atoms with Gasteiger partial charge in [-0.3, -0.25) is 4.98 Å². The summed E-state index contributed by atoms with van der Waals surface area (Å²) in [5.74, 6) is 0.417. The number of carbonyl (C=O) groups is 1. The number of thiophene rings is 1. The molecule has 4 rings (SSSR count). The van der Waals surface area contributed by atoms with E-state index in [-0.39, 0.29) is 11.9 Å². The average molecular weight is 498 g/mol. The summed E-state index contributed by atoms with van der Waals surface area (Å²) in [5.41, 5.74) is 3.06. The van der Waals surface area contributed by atoms with E-state index < -0.39 is 5.97 Å². The number of fused-ring (bicyclic) bond motifs is 1. The summed E-state index contributed by atoms with van der Waals surface area (Å²) < 4.78 is 32.7. The van der Waals surface area contributed by atoms with Gasteiger partial charge in [0.25, 0.3) is 0 Å². The van der Waals surface area contributed by atoms with Crippen molar-refractivity contribution in [3.8, 4) is 22.1 Å². The van der Waals surface area contributed by atoms with Gasteiger partial charge in [0, 0.05) is 42.1 Å². The maximum Gasteiger partial charge on any atom is 0.351 e. The second kappa shape index (κ2) is 10.4. The molecule has 0 amide bonds. The van der Waals surface area contributed by atoms with Crippen molar-refractivity contribution in [1.82, 2.24) is 9.55 Å². The summed E-state index contributed by atoms with van der Waals surface area (Å²) in [6, 6.07) is 10.6. The number of carbonyl (C=O) groups excluding carboxylic acids is 1. The molecule has 7 nitrogen and oxygen atoms in total. The van der Waals surface area contributed by atoms with Crippen LogP contribution < -0.4 is 14.8 Å². The van der Waals surface area contributed by atoms with E-state index in [4.69, 9.17) is 14.2 Å². The average Bonchev–Trinajstić information content (AvgIpc) is 3.40. The van der Waals surface area contributed by atoms with Crippen molar-refractivity contribution in [2.75, 3.05) is 26.1 Å². The van der Waals surface area contributed by atoms with Gasteiger partial charge in [-0.25, -0.2) is 9.18 Å². The second-order valence-corrected chi connectivity index (χ2v) is 9.32. The highest BCUT2D eigenvalue weighted by Crippen LogP contribution is 2.37. The van der Waals surface area contributed by atoms with E-state index in [1.807, 2.05) is 49.6 Å². The molecule has 0 atom stereocenters. The topological polar surface area (TPSA) is 74.6 Å². The van der Waals surface area contributed by atoms with E-state index >= 15 is 0 Å². The van der Waals surface area contributed by atoms with Crippen LogP contribution in [-0.4, -0.2) is 42.4 Å². The maximum atomic E-state index is 14.6. The minimum atomic E-state index is -0.440. The van der Waals surface area contributed by atoms with Gasteiger partial charge in [-0.1, -0.05) is 0 Å². The van der Waals surface area contributed by atoms with Crippen LogP contribution >= 0.6 is 11.3 Å². The highest BCUT2D eigenvalue weighted by atomic mass is 32.1. The number of nitrogens with zero attached hydrogens (tertiary/aromatic N) is 2. The Kier molecular flexibility index (Phi) is 7.25. The molecule has 1 N–H and O–H groups in total.